The minimum Gasteiger partial charge on any atom is -0.340 e. The normalized spacial score (nSPS) is 23.8. The molecule has 120 valence electrons. The molecular weight excluding hydrogens is 296 g/mol. The van der Waals surface area contributed by atoms with Gasteiger partial charge in [0.1, 0.15) is 0 Å². The minimum atomic E-state index is -0.352. The van der Waals surface area contributed by atoms with Crippen LogP contribution in [0.2, 0.25) is 0 Å². The highest BCUT2D eigenvalue weighted by Gasteiger charge is 2.32. The molecule has 1 aliphatic rings. The van der Waals surface area contributed by atoms with Gasteiger partial charge in [0, 0.05) is 12.0 Å². The van der Waals surface area contributed by atoms with Gasteiger partial charge in [-0.25, -0.2) is 0 Å². The fourth-order valence-corrected chi connectivity index (χ4v) is 3.17. The van der Waals surface area contributed by atoms with Crippen molar-refractivity contribution >= 4 is 0 Å². The van der Waals surface area contributed by atoms with Gasteiger partial charge in [0.05, 0.1) is 12.2 Å². The van der Waals surface area contributed by atoms with Crippen molar-refractivity contribution < 1.29 is 9.47 Å². The number of rotatable bonds is 3. The van der Waals surface area contributed by atoms with Crippen molar-refractivity contribution in [3.63, 3.8) is 0 Å². The average Bonchev–Trinajstić information content (AvgIpc) is 2.70. The zero-order chi connectivity index (χ0) is 16.2. The molecule has 0 aromatic heterocycles. The first-order valence-electron chi connectivity index (χ1n) is 8.36. The lowest BCUT2D eigenvalue weighted by molar-refractivity contribution is -0.253. The SMILES string of the molecule is c1ccc(C2O[C@H](c3ccccc3)C[C@@H](c3ccccc3)O2)cc1. The summed E-state index contributed by atoms with van der Waals surface area (Å²) in [7, 11) is 0. The summed E-state index contributed by atoms with van der Waals surface area (Å²) in [6, 6.07) is 31.0. The highest BCUT2D eigenvalue weighted by atomic mass is 16.7. The zero-order valence-corrected chi connectivity index (χ0v) is 13.4. The van der Waals surface area contributed by atoms with Crippen molar-refractivity contribution in [2.24, 2.45) is 0 Å². The van der Waals surface area contributed by atoms with Crippen LogP contribution in [-0.2, 0) is 9.47 Å². The van der Waals surface area contributed by atoms with Crippen molar-refractivity contribution in [3.05, 3.63) is 108 Å². The van der Waals surface area contributed by atoms with Gasteiger partial charge in [0.15, 0.2) is 6.29 Å². The van der Waals surface area contributed by atoms with E-state index in [9.17, 15) is 0 Å². The van der Waals surface area contributed by atoms with E-state index in [4.69, 9.17) is 9.47 Å². The molecule has 0 radical (unpaired) electrons. The summed E-state index contributed by atoms with van der Waals surface area (Å²) in [6.45, 7) is 0. The third kappa shape index (κ3) is 3.25. The Morgan fingerprint density at radius 3 is 1.29 bits per heavy atom. The van der Waals surface area contributed by atoms with Crippen LogP contribution in [0.1, 0.15) is 41.6 Å². The van der Waals surface area contributed by atoms with Crippen LogP contribution in [0.4, 0.5) is 0 Å². The van der Waals surface area contributed by atoms with Gasteiger partial charge in [0.2, 0.25) is 0 Å². The maximum Gasteiger partial charge on any atom is 0.185 e. The van der Waals surface area contributed by atoms with Gasteiger partial charge in [-0.15, -0.1) is 0 Å². The summed E-state index contributed by atoms with van der Waals surface area (Å²) in [4.78, 5) is 0. The molecule has 1 aliphatic heterocycles. The van der Waals surface area contributed by atoms with Crippen LogP contribution in [0.15, 0.2) is 91.0 Å². The van der Waals surface area contributed by atoms with Gasteiger partial charge in [-0.05, 0) is 11.1 Å². The first kappa shape index (κ1) is 15.1. The Bertz CT molecular complexity index is 642. The lowest BCUT2D eigenvalue weighted by atomic mass is 9.97. The van der Waals surface area contributed by atoms with Gasteiger partial charge in [-0.2, -0.15) is 0 Å². The Kier molecular flexibility index (Phi) is 4.41. The summed E-state index contributed by atoms with van der Waals surface area (Å²) in [5, 5.41) is 0. The second-order valence-corrected chi connectivity index (χ2v) is 6.05. The molecule has 1 heterocycles. The van der Waals surface area contributed by atoms with Crippen LogP contribution in [0.3, 0.4) is 0 Å². The standard InChI is InChI=1S/C22H20O2/c1-4-10-17(11-5-1)20-16-21(18-12-6-2-7-13-18)24-22(23-20)19-14-8-3-9-15-19/h1-15,20-22H,16H2/t20-,21-/m0/s1. The first-order valence-corrected chi connectivity index (χ1v) is 8.36. The highest BCUT2D eigenvalue weighted by molar-refractivity contribution is 5.24. The third-order valence-corrected chi connectivity index (χ3v) is 4.42. The molecule has 2 atom stereocenters. The van der Waals surface area contributed by atoms with E-state index >= 15 is 0 Å². The quantitative estimate of drug-likeness (QED) is 0.626. The van der Waals surface area contributed by atoms with E-state index in [0.717, 1.165) is 12.0 Å². The van der Waals surface area contributed by atoms with Crippen molar-refractivity contribution in [2.75, 3.05) is 0 Å². The number of ether oxygens (including phenoxy) is 2. The monoisotopic (exact) mass is 316 g/mol. The number of hydrogen-bond donors (Lipinski definition) is 0. The fraction of sp³-hybridized carbons (Fsp3) is 0.182. The van der Waals surface area contributed by atoms with Crippen molar-refractivity contribution in [1.82, 2.24) is 0 Å². The molecule has 0 aliphatic carbocycles. The van der Waals surface area contributed by atoms with E-state index in [2.05, 4.69) is 60.7 Å². The molecule has 1 saturated heterocycles. The molecule has 0 amide bonds. The number of hydrogen-bond acceptors (Lipinski definition) is 2. The molecule has 0 unspecified atom stereocenters. The van der Waals surface area contributed by atoms with Crippen LogP contribution >= 0.6 is 0 Å². The second-order valence-electron chi connectivity index (χ2n) is 6.05. The molecule has 0 spiro atoms. The van der Waals surface area contributed by atoms with Gasteiger partial charge in [-0.1, -0.05) is 91.0 Å². The summed E-state index contributed by atoms with van der Waals surface area (Å²) >= 11 is 0. The van der Waals surface area contributed by atoms with Gasteiger partial charge < -0.3 is 9.47 Å². The molecule has 1 fully saturated rings. The molecule has 3 aromatic rings. The van der Waals surface area contributed by atoms with E-state index in [0.29, 0.717) is 0 Å². The Hall–Kier alpha value is -2.42. The van der Waals surface area contributed by atoms with Gasteiger partial charge in [-0.3, -0.25) is 0 Å². The summed E-state index contributed by atoms with van der Waals surface area (Å²) in [5.41, 5.74) is 3.45. The average molecular weight is 316 g/mol. The Labute approximate surface area is 142 Å². The Morgan fingerprint density at radius 1 is 0.500 bits per heavy atom. The van der Waals surface area contributed by atoms with Crippen LogP contribution in [-0.4, -0.2) is 0 Å². The molecule has 2 heteroatoms. The molecule has 3 aromatic carbocycles. The van der Waals surface area contributed by atoms with E-state index in [1.54, 1.807) is 0 Å². The smallest absolute Gasteiger partial charge is 0.185 e. The molecule has 0 saturated carbocycles. The van der Waals surface area contributed by atoms with Crippen molar-refractivity contribution in [3.8, 4) is 0 Å². The van der Waals surface area contributed by atoms with E-state index in [1.807, 2.05) is 30.3 Å². The second kappa shape index (κ2) is 7.00. The number of benzene rings is 3. The van der Waals surface area contributed by atoms with Crippen LogP contribution in [0.5, 0.6) is 0 Å². The summed E-state index contributed by atoms with van der Waals surface area (Å²) in [5.74, 6) is 0. The van der Waals surface area contributed by atoms with Crippen molar-refractivity contribution in [2.45, 2.75) is 24.9 Å². The topological polar surface area (TPSA) is 18.5 Å². The van der Waals surface area contributed by atoms with Crippen LogP contribution in [0.25, 0.3) is 0 Å². The van der Waals surface area contributed by atoms with Crippen LogP contribution < -0.4 is 0 Å². The van der Waals surface area contributed by atoms with Crippen molar-refractivity contribution in [1.29, 1.82) is 0 Å². The minimum absolute atomic E-state index is 0.0235. The summed E-state index contributed by atoms with van der Waals surface area (Å²) in [6.07, 6.45) is 0.512. The predicted octanol–water partition coefficient (Wildman–Crippen LogP) is 5.60. The Balaban J connectivity index is 1.66. The van der Waals surface area contributed by atoms with E-state index in [1.165, 1.54) is 11.1 Å². The first-order chi connectivity index (χ1) is 11.9. The molecule has 24 heavy (non-hydrogen) atoms. The molecule has 2 nitrogen and oxygen atoms in total. The highest BCUT2D eigenvalue weighted by Crippen LogP contribution is 2.43. The van der Waals surface area contributed by atoms with Gasteiger partial charge in [0.25, 0.3) is 0 Å². The maximum atomic E-state index is 6.29. The largest absolute Gasteiger partial charge is 0.340 e. The summed E-state index contributed by atoms with van der Waals surface area (Å²) < 4.78 is 12.6. The fourth-order valence-electron chi connectivity index (χ4n) is 3.17. The molecular formula is C22H20O2. The Morgan fingerprint density at radius 2 is 0.875 bits per heavy atom. The zero-order valence-electron chi connectivity index (χ0n) is 13.4. The lowest BCUT2D eigenvalue weighted by Gasteiger charge is -2.36. The predicted molar refractivity (Wildman–Crippen MR) is 94.3 cm³/mol. The van der Waals surface area contributed by atoms with Crippen LogP contribution in [0, 0.1) is 0 Å². The van der Waals surface area contributed by atoms with Gasteiger partial charge >= 0.3 is 0 Å². The molecule has 0 N–H and O–H groups in total. The lowest BCUT2D eigenvalue weighted by Crippen LogP contribution is -2.24. The van der Waals surface area contributed by atoms with E-state index < -0.39 is 0 Å². The third-order valence-electron chi connectivity index (χ3n) is 4.42. The molecule has 4 rings (SSSR count). The van der Waals surface area contributed by atoms with E-state index in [-0.39, 0.29) is 18.5 Å². The maximum absolute atomic E-state index is 6.29. The molecule has 0 bridgehead atoms.